The van der Waals surface area contributed by atoms with Crippen LogP contribution in [0.5, 0.6) is 0 Å². The van der Waals surface area contributed by atoms with Crippen LogP contribution in [0.4, 0.5) is 5.69 Å². The Morgan fingerprint density at radius 3 is 2.45 bits per heavy atom. The zero-order chi connectivity index (χ0) is 20.1. The third-order valence-corrected chi connectivity index (χ3v) is 5.63. The molecule has 0 aliphatic carbocycles. The van der Waals surface area contributed by atoms with Gasteiger partial charge in [-0.2, -0.15) is 0 Å². The van der Waals surface area contributed by atoms with Gasteiger partial charge in [-0.3, -0.25) is 4.79 Å². The van der Waals surface area contributed by atoms with Crippen LogP contribution < -0.4 is 5.32 Å². The second-order valence-corrected chi connectivity index (χ2v) is 7.74. The van der Waals surface area contributed by atoms with Crippen molar-refractivity contribution in [3.05, 3.63) is 66.0 Å². The lowest BCUT2D eigenvalue weighted by atomic mass is 9.91. The first kappa shape index (κ1) is 19.3. The van der Waals surface area contributed by atoms with Crippen LogP contribution in [0.2, 0.25) is 0 Å². The summed E-state index contributed by atoms with van der Waals surface area (Å²) in [5.41, 5.74) is 3.53. The van der Waals surface area contributed by atoms with Gasteiger partial charge in [0.1, 0.15) is 6.33 Å². The Hall–Kier alpha value is -3.06. The summed E-state index contributed by atoms with van der Waals surface area (Å²) in [5.74, 6) is 0.703. The van der Waals surface area contributed by atoms with Crippen molar-refractivity contribution in [2.75, 3.05) is 25.5 Å². The number of hydrogen-bond donors (Lipinski definition) is 1. The molecule has 4 rings (SSSR count). The van der Waals surface area contributed by atoms with Gasteiger partial charge in [0.2, 0.25) is 0 Å². The average Bonchev–Trinajstić information content (AvgIpc) is 3.29. The molecule has 1 aromatic heterocycles. The first-order valence-electron chi connectivity index (χ1n) is 10.1. The molecule has 2 aromatic carbocycles. The highest BCUT2D eigenvalue weighted by Gasteiger charge is 2.16. The summed E-state index contributed by atoms with van der Waals surface area (Å²) >= 11 is 0. The van der Waals surface area contributed by atoms with Gasteiger partial charge in [-0.15, -0.1) is 5.10 Å². The average molecular weight is 390 g/mol. The zero-order valence-electron chi connectivity index (χ0n) is 16.7. The van der Waals surface area contributed by atoms with Crippen molar-refractivity contribution < 1.29 is 4.79 Å². The van der Waals surface area contributed by atoms with E-state index in [4.69, 9.17) is 0 Å². The number of carbonyl (C=O) groups is 1. The molecule has 0 atom stereocenters. The normalized spacial score (nSPS) is 15.3. The number of aromatic nitrogens is 4. The maximum Gasteiger partial charge on any atom is 0.255 e. The van der Waals surface area contributed by atoms with Gasteiger partial charge in [-0.25, -0.2) is 4.68 Å². The molecule has 1 aliphatic heterocycles. The van der Waals surface area contributed by atoms with Crippen molar-refractivity contribution in [2.45, 2.75) is 25.7 Å². The van der Waals surface area contributed by atoms with Crippen molar-refractivity contribution in [3.63, 3.8) is 0 Å². The van der Waals surface area contributed by atoms with E-state index in [1.54, 1.807) is 16.8 Å². The number of nitrogens with zero attached hydrogens (tertiary/aromatic N) is 5. The summed E-state index contributed by atoms with van der Waals surface area (Å²) in [5, 5.41) is 14.0. The van der Waals surface area contributed by atoms with E-state index in [2.05, 4.69) is 44.9 Å². The standard InChI is InChI=1S/C22H26N6O/c1-27-14-12-18(13-15-27)3-2-17-4-8-20(9-5-17)24-22(29)19-6-10-21(11-7-19)28-16-23-25-26-28/h4-11,16,18H,2-3,12-15H2,1H3,(H,24,29). The van der Waals surface area contributed by atoms with Gasteiger partial charge in [-0.1, -0.05) is 12.1 Å². The molecular weight excluding hydrogens is 364 g/mol. The second kappa shape index (κ2) is 8.96. The fraction of sp³-hybridized carbons (Fsp3) is 0.364. The number of rotatable bonds is 6. The fourth-order valence-corrected chi connectivity index (χ4v) is 3.72. The van der Waals surface area contributed by atoms with E-state index in [9.17, 15) is 4.79 Å². The summed E-state index contributed by atoms with van der Waals surface area (Å²) in [6.45, 7) is 2.43. The summed E-state index contributed by atoms with van der Waals surface area (Å²) in [6, 6.07) is 15.4. The molecule has 0 spiro atoms. The van der Waals surface area contributed by atoms with Gasteiger partial charge in [0, 0.05) is 11.3 Å². The molecule has 1 saturated heterocycles. The molecule has 1 fully saturated rings. The molecule has 150 valence electrons. The van der Waals surface area contributed by atoms with Crippen molar-refractivity contribution in [1.82, 2.24) is 25.1 Å². The number of nitrogens with one attached hydrogen (secondary N) is 1. The molecular formula is C22H26N6O. The third-order valence-electron chi connectivity index (χ3n) is 5.63. The molecule has 0 saturated carbocycles. The molecule has 0 radical (unpaired) electrons. The van der Waals surface area contributed by atoms with Gasteiger partial charge in [0.25, 0.3) is 5.91 Å². The maximum absolute atomic E-state index is 12.5. The minimum Gasteiger partial charge on any atom is -0.322 e. The monoisotopic (exact) mass is 390 g/mol. The van der Waals surface area contributed by atoms with Gasteiger partial charge in [0.05, 0.1) is 5.69 Å². The minimum absolute atomic E-state index is 0.132. The minimum atomic E-state index is -0.132. The van der Waals surface area contributed by atoms with Gasteiger partial charge in [-0.05, 0) is 104 Å². The number of aryl methyl sites for hydroxylation is 1. The van der Waals surface area contributed by atoms with E-state index in [1.807, 2.05) is 24.3 Å². The number of anilines is 1. The zero-order valence-corrected chi connectivity index (χ0v) is 16.7. The van der Waals surface area contributed by atoms with E-state index in [1.165, 1.54) is 44.2 Å². The van der Waals surface area contributed by atoms with E-state index < -0.39 is 0 Å². The quantitative estimate of drug-likeness (QED) is 0.700. The molecule has 29 heavy (non-hydrogen) atoms. The fourth-order valence-electron chi connectivity index (χ4n) is 3.72. The second-order valence-electron chi connectivity index (χ2n) is 7.74. The topological polar surface area (TPSA) is 75.9 Å². The number of piperidine rings is 1. The Kier molecular flexibility index (Phi) is 5.95. The number of benzene rings is 2. The first-order chi connectivity index (χ1) is 14.2. The number of hydrogen-bond acceptors (Lipinski definition) is 5. The molecule has 1 aliphatic rings. The Labute approximate surface area is 170 Å². The Morgan fingerprint density at radius 1 is 1.07 bits per heavy atom. The van der Waals surface area contributed by atoms with Gasteiger partial charge >= 0.3 is 0 Å². The van der Waals surface area contributed by atoms with Crippen LogP contribution >= 0.6 is 0 Å². The highest BCUT2D eigenvalue weighted by atomic mass is 16.1. The smallest absolute Gasteiger partial charge is 0.255 e. The molecule has 0 unspecified atom stereocenters. The van der Waals surface area contributed by atoms with Crippen molar-refractivity contribution in [3.8, 4) is 5.69 Å². The molecule has 1 N–H and O–H groups in total. The van der Waals surface area contributed by atoms with Crippen LogP contribution in [-0.2, 0) is 6.42 Å². The van der Waals surface area contributed by atoms with Crippen LogP contribution in [-0.4, -0.2) is 51.2 Å². The predicted molar refractivity (Wildman–Crippen MR) is 112 cm³/mol. The molecule has 0 bridgehead atoms. The van der Waals surface area contributed by atoms with E-state index in [0.29, 0.717) is 5.56 Å². The molecule has 7 nitrogen and oxygen atoms in total. The number of likely N-dealkylation sites (tertiary alicyclic amines) is 1. The van der Waals surface area contributed by atoms with E-state index in [-0.39, 0.29) is 5.91 Å². The SMILES string of the molecule is CN1CCC(CCc2ccc(NC(=O)c3ccc(-n4cnnn4)cc3)cc2)CC1. The van der Waals surface area contributed by atoms with Crippen molar-refractivity contribution >= 4 is 11.6 Å². The predicted octanol–water partition coefficient (Wildman–Crippen LogP) is 3.19. The summed E-state index contributed by atoms with van der Waals surface area (Å²) < 4.78 is 1.55. The lowest BCUT2D eigenvalue weighted by Crippen LogP contribution is -2.30. The maximum atomic E-state index is 12.5. The largest absolute Gasteiger partial charge is 0.322 e. The van der Waals surface area contributed by atoms with Gasteiger partial charge in [0.15, 0.2) is 0 Å². The van der Waals surface area contributed by atoms with Gasteiger partial charge < -0.3 is 10.2 Å². The van der Waals surface area contributed by atoms with Crippen LogP contribution in [0.15, 0.2) is 54.9 Å². The highest BCUT2D eigenvalue weighted by Crippen LogP contribution is 2.22. The Morgan fingerprint density at radius 2 is 1.79 bits per heavy atom. The molecule has 3 aromatic rings. The lowest BCUT2D eigenvalue weighted by molar-refractivity contribution is 0.102. The number of carbonyl (C=O) groups excluding carboxylic acids is 1. The summed E-state index contributed by atoms with van der Waals surface area (Å²) in [4.78, 5) is 14.9. The Balaban J connectivity index is 1.29. The van der Waals surface area contributed by atoms with Crippen LogP contribution in [0.3, 0.4) is 0 Å². The number of amides is 1. The molecule has 2 heterocycles. The van der Waals surface area contributed by atoms with Crippen molar-refractivity contribution in [2.24, 2.45) is 5.92 Å². The molecule has 1 amide bonds. The highest BCUT2D eigenvalue weighted by molar-refractivity contribution is 6.04. The third kappa shape index (κ3) is 5.06. The molecule has 7 heteroatoms. The Bertz CT molecular complexity index is 913. The summed E-state index contributed by atoms with van der Waals surface area (Å²) in [7, 11) is 2.20. The van der Waals surface area contributed by atoms with Crippen LogP contribution in [0, 0.1) is 5.92 Å². The van der Waals surface area contributed by atoms with E-state index in [0.717, 1.165) is 23.7 Å². The van der Waals surface area contributed by atoms with Crippen LogP contribution in [0.25, 0.3) is 5.69 Å². The first-order valence-corrected chi connectivity index (χ1v) is 10.1. The van der Waals surface area contributed by atoms with E-state index >= 15 is 0 Å². The van der Waals surface area contributed by atoms with Crippen molar-refractivity contribution in [1.29, 1.82) is 0 Å². The summed E-state index contributed by atoms with van der Waals surface area (Å²) in [6.07, 6.45) is 6.46. The van der Waals surface area contributed by atoms with Crippen LogP contribution in [0.1, 0.15) is 35.2 Å². The number of tetrazole rings is 1. The lowest BCUT2D eigenvalue weighted by Gasteiger charge is -2.28.